The second-order valence-corrected chi connectivity index (χ2v) is 10.8. The number of benzene rings is 4. The summed E-state index contributed by atoms with van der Waals surface area (Å²) in [5.74, 6) is 1.73. The molecule has 0 aliphatic rings. The first-order chi connectivity index (χ1) is 23.8. The third-order valence-corrected chi connectivity index (χ3v) is 6.99. The minimum absolute atomic E-state index is 0.0600. The van der Waals surface area contributed by atoms with Crippen LogP contribution in [0, 0.1) is 24.6 Å². The fraction of sp³-hybridized carbons (Fsp3) is 0.0732. The third kappa shape index (κ3) is 8.56. The highest BCUT2D eigenvalue weighted by molar-refractivity contribution is 5.91. The molecule has 0 heterocycles. The molecule has 250 valence electrons. The molecular formula is C41H31FO8. The number of rotatable bonds is 10. The van der Waals surface area contributed by atoms with Crippen molar-refractivity contribution in [2.45, 2.75) is 20.8 Å². The van der Waals surface area contributed by atoms with Crippen LogP contribution in [-0.2, 0) is 19.2 Å². The summed E-state index contributed by atoms with van der Waals surface area (Å²) in [5, 5.41) is 0. The van der Waals surface area contributed by atoms with E-state index < -0.39 is 35.4 Å². The van der Waals surface area contributed by atoms with Gasteiger partial charge < -0.3 is 18.9 Å². The van der Waals surface area contributed by atoms with Crippen LogP contribution in [0.1, 0.15) is 30.5 Å². The van der Waals surface area contributed by atoms with E-state index in [1.165, 1.54) is 19.1 Å². The molecule has 4 aromatic rings. The molecule has 8 nitrogen and oxygen atoms in total. The molecular weight excluding hydrogens is 639 g/mol. The molecule has 0 aliphatic carbocycles. The molecule has 0 fully saturated rings. The first-order valence-corrected chi connectivity index (χ1v) is 15.0. The minimum atomic E-state index is -1.01. The fourth-order valence-corrected chi connectivity index (χ4v) is 4.38. The van der Waals surface area contributed by atoms with Gasteiger partial charge in [-0.05, 0) is 73.9 Å². The fourth-order valence-electron chi connectivity index (χ4n) is 4.38. The normalized spacial score (nSPS) is 10.1. The van der Waals surface area contributed by atoms with Gasteiger partial charge in [0.05, 0.1) is 11.1 Å². The number of carbonyl (C=O) groups excluding carboxylic acids is 4. The molecule has 0 N–H and O–H groups in total. The summed E-state index contributed by atoms with van der Waals surface area (Å²) in [5.41, 5.74) is 2.74. The molecule has 0 amide bonds. The second kappa shape index (κ2) is 15.9. The van der Waals surface area contributed by atoms with Gasteiger partial charge in [-0.25, -0.2) is 23.6 Å². The molecule has 0 unspecified atom stereocenters. The molecule has 9 heteroatoms. The summed E-state index contributed by atoms with van der Waals surface area (Å²) in [4.78, 5) is 48.5. The van der Waals surface area contributed by atoms with Gasteiger partial charge in [0.1, 0.15) is 17.2 Å². The Bertz CT molecular complexity index is 2110. The van der Waals surface area contributed by atoms with E-state index in [0.717, 1.165) is 23.3 Å². The largest absolute Gasteiger partial charge is 0.423 e. The maximum atomic E-state index is 16.6. The van der Waals surface area contributed by atoms with E-state index in [2.05, 4.69) is 38.2 Å². The predicted octanol–water partition coefficient (Wildman–Crippen LogP) is 8.01. The number of esters is 4. The van der Waals surface area contributed by atoms with Crippen molar-refractivity contribution in [1.82, 2.24) is 0 Å². The van der Waals surface area contributed by atoms with Crippen LogP contribution in [0.3, 0.4) is 0 Å². The summed E-state index contributed by atoms with van der Waals surface area (Å²) in [6, 6.07) is 19.6. The molecule has 0 aliphatic heterocycles. The van der Waals surface area contributed by atoms with Crippen LogP contribution in [0.2, 0.25) is 0 Å². The first-order valence-electron chi connectivity index (χ1n) is 15.0. The van der Waals surface area contributed by atoms with Crippen LogP contribution in [0.25, 0.3) is 22.3 Å². The van der Waals surface area contributed by atoms with Crippen molar-refractivity contribution in [2.75, 3.05) is 0 Å². The van der Waals surface area contributed by atoms with Gasteiger partial charge in [0.25, 0.3) is 0 Å². The number of hydrogen-bond donors (Lipinski definition) is 0. The van der Waals surface area contributed by atoms with Crippen molar-refractivity contribution in [1.29, 1.82) is 0 Å². The Labute approximate surface area is 288 Å². The summed E-state index contributed by atoms with van der Waals surface area (Å²) in [7, 11) is 0. The Balaban J connectivity index is 1.80. The van der Waals surface area contributed by atoms with Crippen molar-refractivity contribution < 1.29 is 42.5 Å². The van der Waals surface area contributed by atoms with Gasteiger partial charge in [0.2, 0.25) is 0 Å². The van der Waals surface area contributed by atoms with Crippen molar-refractivity contribution in [2.24, 2.45) is 0 Å². The van der Waals surface area contributed by atoms with E-state index in [0.29, 0.717) is 16.9 Å². The SMILES string of the molecule is C=CC(=O)Oc1c(F)c(-c2ccc(-c3ccc(OC(=O)C(=C)C)cc3)cc2)c(OC(=O)C=C)c(C)c1C#Cc1ccc(OC(=O)C(=C)C)cc1. The van der Waals surface area contributed by atoms with Crippen LogP contribution >= 0.6 is 0 Å². The Kier molecular flexibility index (Phi) is 11.4. The zero-order chi connectivity index (χ0) is 36.5. The molecule has 0 saturated carbocycles. The monoisotopic (exact) mass is 670 g/mol. The average molecular weight is 671 g/mol. The summed E-state index contributed by atoms with van der Waals surface area (Å²) >= 11 is 0. The van der Waals surface area contributed by atoms with E-state index in [1.54, 1.807) is 74.5 Å². The maximum absolute atomic E-state index is 16.6. The smallest absolute Gasteiger partial charge is 0.338 e. The molecule has 0 bridgehead atoms. The van der Waals surface area contributed by atoms with Gasteiger partial charge in [0, 0.05) is 34.4 Å². The van der Waals surface area contributed by atoms with Gasteiger partial charge in [-0.15, -0.1) is 0 Å². The highest BCUT2D eigenvalue weighted by Gasteiger charge is 2.27. The molecule has 0 atom stereocenters. The summed E-state index contributed by atoms with van der Waals surface area (Å²) in [6.07, 6.45) is 1.81. The van der Waals surface area contributed by atoms with Gasteiger partial charge in [-0.3, -0.25) is 0 Å². The Hall–Kier alpha value is -6.79. The van der Waals surface area contributed by atoms with E-state index >= 15 is 4.39 Å². The summed E-state index contributed by atoms with van der Waals surface area (Å²) < 4.78 is 38.0. The zero-order valence-electron chi connectivity index (χ0n) is 27.6. The molecule has 50 heavy (non-hydrogen) atoms. The standard InChI is InChI=1S/C41H31FO8/c1-8-34(43)49-38-26(7)33(23-12-27-10-19-31(20-11-27)47-40(45)24(3)4)39(50-35(44)9-2)37(42)36(38)30-15-13-28(14-16-30)29-17-21-32(22-18-29)48-41(46)25(5)6/h8-11,13-22H,1-3,5H2,4,6-7H3. The third-order valence-electron chi connectivity index (χ3n) is 6.99. The van der Waals surface area contributed by atoms with Crippen LogP contribution in [-0.4, -0.2) is 23.9 Å². The minimum Gasteiger partial charge on any atom is -0.423 e. The average Bonchev–Trinajstić information content (AvgIpc) is 3.11. The Morgan fingerprint density at radius 3 is 1.50 bits per heavy atom. The summed E-state index contributed by atoms with van der Waals surface area (Å²) in [6.45, 7) is 18.6. The lowest BCUT2D eigenvalue weighted by Gasteiger charge is -2.19. The Morgan fingerprint density at radius 1 is 0.620 bits per heavy atom. The molecule has 4 aromatic carbocycles. The lowest BCUT2D eigenvalue weighted by molar-refractivity contribution is -0.130. The molecule has 4 rings (SSSR count). The lowest BCUT2D eigenvalue weighted by Crippen LogP contribution is -2.12. The second-order valence-electron chi connectivity index (χ2n) is 10.8. The molecule has 0 aromatic heterocycles. The number of hydrogen-bond acceptors (Lipinski definition) is 8. The number of halogens is 1. The van der Waals surface area contributed by atoms with E-state index in [9.17, 15) is 19.2 Å². The highest BCUT2D eigenvalue weighted by atomic mass is 19.1. The Morgan fingerprint density at radius 2 is 1.04 bits per heavy atom. The molecule has 0 saturated heterocycles. The van der Waals surface area contributed by atoms with Gasteiger partial charge in [-0.2, -0.15) is 0 Å². The van der Waals surface area contributed by atoms with Crippen LogP contribution in [0.4, 0.5) is 4.39 Å². The van der Waals surface area contributed by atoms with Crippen molar-refractivity contribution in [3.63, 3.8) is 0 Å². The van der Waals surface area contributed by atoms with Crippen molar-refractivity contribution in [3.8, 4) is 57.1 Å². The van der Waals surface area contributed by atoms with E-state index in [4.69, 9.17) is 18.9 Å². The van der Waals surface area contributed by atoms with Gasteiger partial charge >= 0.3 is 23.9 Å². The first kappa shape index (κ1) is 36.1. The van der Waals surface area contributed by atoms with Crippen LogP contribution in [0.5, 0.6) is 23.0 Å². The topological polar surface area (TPSA) is 105 Å². The lowest BCUT2D eigenvalue weighted by atomic mass is 9.94. The van der Waals surface area contributed by atoms with Crippen LogP contribution < -0.4 is 18.9 Å². The molecule has 0 radical (unpaired) electrons. The quantitative estimate of drug-likeness (QED) is 0.0723. The highest BCUT2D eigenvalue weighted by Crippen LogP contribution is 2.44. The maximum Gasteiger partial charge on any atom is 0.338 e. The van der Waals surface area contributed by atoms with Gasteiger partial charge in [-0.1, -0.05) is 74.6 Å². The predicted molar refractivity (Wildman–Crippen MR) is 187 cm³/mol. The number of carbonyl (C=O) groups is 4. The van der Waals surface area contributed by atoms with Crippen LogP contribution in [0.15, 0.2) is 122 Å². The van der Waals surface area contributed by atoms with Gasteiger partial charge in [0.15, 0.2) is 11.6 Å². The zero-order valence-corrected chi connectivity index (χ0v) is 27.6. The van der Waals surface area contributed by atoms with E-state index in [-0.39, 0.29) is 39.3 Å². The number of ether oxygens (including phenoxy) is 4. The molecule has 0 spiro atoms. The van der Waals surface area contributed by atoms with Crippen molar-refractivity contribution in [3.05, 3.63) is 145 Å². The van der Waals surface area contributed by atoms with Crippen molar-refractivity contribution >= 4 is 23.9 Å². The van der Waals surface area contributed by atoms with E-state index in [1.807, 2.05) is 0 Å².